The number of nitrogens with zero attached hydrogens (tertiary/aromatic N) is 3. The van der Waals surface area contributed by atoms with Crippen molar-refractivity contribution in [3.63, 3.8) is 0 Å². The minimum Gasteiger partial charge on any atom is -0.383 e. The number of amides is 2. The van der Waals surface area contributed by atoms with Crippen LogP contribution in [0.1, 0.15) is 48.5 Å². The molecule has 23 heavy (non-hydrogen) atoms. The Morgan fingerprint density at radius 2 is 2.17 bits per heavy atom. The number of aromatic nitrogens is 2. The van der Waals surface area contributed by atoms with E-state index in [0.717, 1.165) is 25.1 Å². The van der Waals surface area contributed by atoms with Gasteiger partial charge in [-0.05, 0) is 19.8 Å². The van der Waals surface area contributed by atoms with Crippen LogP contribution < -0.4 is 5.32 Å². The van der Waals surface area contributed by atoms with Gasteiger partial charge in [0.15, 0.2) is 0 Å². The number of hydrogen-bond acceptors (Lipinski definition) is 4. The number of rotatable bonds is 5. The van der Waals surface area contributed by atoms with Crippen LogP contribution >= 0.6 is 0 Å². The Labute approximate surface area is 136 Å². The van der Waals surface area contributed by atoms with E-state index in [0.29, 0.717) is 31.9 Å². The number of imidazole rings is 1. The van der Waals surface area contributed by atoms with Crippen LogP contribution in [-0.4, -0.2) is 53.1 Å². The number of nitrogens with one attached hydrogen (secondary N) is 1. The molecule has 1 aliphatic heterocycles. The zero-order valence-corrected chi connectivity index (χ0v) is 13.7. The first-order chi connectivity index (χ1) is 11.1. The quantitative estimate of drug-likeness (QED) is 0.820. The number of hydrogen-bond donors (Lipinski definition) is 1. The third-order valence-electron chi connectivity index (χ3n) is 4.79. The maximum Gasteiger partial charge on any atom is 0.271 e. The first-order valence-corrected chi connectivity index (χ1v) is 8.26. The predicted octanol–water partition coefficient (Wildman–Crippen LogP) is 0.963. The van der Waals surface area contributed by atoms with E-state index < -0.39 is 0 Å². The minimum absolute atomic E-state index is 0.0858. The van der Waals surface area contributed by atoms with Gasteiger partial charge in [0.1, 0.15) is 11.5 Å². The molecule has 1 fully saturated rings. The molecular weight excluding hydrogens is 296 g/mol. The topological polar surface area (TPSA) is 76.5 Å². The summed E-state index contributed by atoms with van der Waals surface area (Å²) in [5, 5.41) is 2.77. The summed E-state index contributed by atoms with van der Waals surface area (Å²) in [7, 11) is 1.59. The van der Waals surface area contributed by atoms with E-state index in [-0.39, 0.29) is 23.8 Å². The molecule has 1 aromatic rings. The minimum atomic E-state index is -0.201. The average molecular weight is 320 g/mol. The second-order valence-electron chi connectivity index (χ2n) is 6.26. The van der Waals surface area contributed by atoms with E-state index in [9.17, 15) is 9.59 Å². The van der Waals surface area contributed by atoms with Gasteiger partial charge >= 0.3 is 0 Å². The molecule has 0 radical (unpaired) electrons. The van der Waals surface area contributed by atoms with Crippen molar-refractivity contribution >= 4 is 11.8 Å². The van der Waals surface area contributed by atoms with Crippen molar-refractivity contribution in [2.24, 2.45) is 5.92 Å². The summed E-state index contributed by atoms with van der Waals surface area (Å²) in [6.07, 6.45) is 4.94. The highest BCUT2D eigenvalue weighted by Crippen LogP contribution is 2.33. The smallest absolute Gasteiger partial charge is 0.271 e. The van der Waals surface area contributed by atoms with Crippen molar-refractivity contribution in [2.75, 3.05) is 26.8 Å². The van der Waals surface area contributed by atoms with E-state index in [1.54, 1.807) is 13.3 Å². The van der Waals surface area contributed by atoms with Crippen molar-refractivity contribution in [3.8, 4) is 0 Å². The van der Waals surface area contributed by atoms with E-state index >= 15 is 0 Å². The molecule has 0 saturated heterocycles. The number of methoxy groups -OCH3 is 1. The summed E-state index contributed by atoms with van der Waals surface area (Å²) >= 11 is 0. The van der Waals surface area contributed by atoms with E-state index in [1.807, 2.05) is 16.4 Å². The van der Waals surface area contributed by atoms with Crippen LogP contribution in [0.15, 0.2) is 6.20 Å². The summed E-state index contributed by atoms with van der Waals surface area (Å²) in [6.45, 7) is 4.29. The second-order valence-corrected chi connectivity index (χ2v) is 6.26. The fraction of sp³-hybridized carbons (Fsp3) is 0.688. The molecule has 2 aliphatic rings. The molecule has 0 bridgehead atoms. The Morgan fingerprint density at radius 3 is 2.83 bits per heavy atom. The summed E-state index contributed by atoms with van der Waals surface area (Å²) in [5.41, 5.74) is 0.404. The zero-order chi connectivity index (χ0) is 16.4. The lowest BCUT2D eigenvalue weighted by Crippen LogP contribution is -2.45. The normalized spacial score (nSPS) is 20.8. The highest BCUT2D eigenvalue weighted by atomic mass is 16.5. The number of fused-ring (bicyclic) bond motifs is 1. The molecule has 7 nitrogen and oxygen atoms in total. The number of ether oxygens (including phenoxy) is 1. The molecule has 0 spiro atoms. The lowest BCUT2D eigenvalue weighted by atomic mass is 9.84. The summed E-state index contributed by atoms with van der Waals surface area (Å²) in [5.74, 6) is 1.02. The average Bonchev–Trinajstić information content (AvgIpc) is 2.91. The van der Waals surface area contributed by atoms with Crippen LogP contribution in [0, 0.1) is 5.92 Å². The molecule has 2 heterocycles. The van der Waals surface area contributed by atoms with Gasteiger partial charge in [0, 0.05) is 38.9 Å². The largest absolute Gasteiger partial charge is 0.383 e. The van der Waals surface area contributed by atoms with Crippen LogP contribution in [0.2, 0.25) is 0 Å². The second kappa shape index (κ2) is 6.70. The van der Waals surface area contributed by atoms with Gasteiger partial charge < -0.3 is 19.5 Å². The molecule has 7 heteroatoms. The van der Waals surface area contributed by atoms with Crippen LogP contribution in [-0.2, 0) is 16.1 Å². The maximum absolute atomic E-state index is 12.5. The lowest BCUT2D eigenvalue weighted by Gasteiger charge is -2.38. The molecule has 1 aliphatic carbocycles. The molecule has 3 rings (SSSR count). The van der Waals surface area contributed by atoms with Crippen molar-refractivity contribution in [1.82, 2.24) is 19.8 Å². The highest BCUT2D eigenvalue weighted by molar-refractivity contribution is 5.92. The Bertz CT molecular complexity index is 594. The molecule has 1 N–H and O–H groups in total. The molecule has 0 unspecified atom stereocenters. The summed E-state index contributed by atoms with van der Waals surface area (Å²) in [4.78, 5) is 31.0. The van der Waals surface area contributed by atoms with Gasteiger partial charge in [0.05, 0.1) is 12.6 Å². The number of carbonyl (C=O) groups is 2. The van der Waals surface area contributed by atoms with Gasteiger partial charge in [0.2, 0.25) is 5.91 Å². The van der Waals surface area contributed by atoms with E-state index in [4.69, 9.17) is 4.74 Å². The van der Waals surface area contributed by atoms with Gasteiger partial charge in [-0.15, -0.1) is 0 Å². The monoisotopic (exact) mass is 320 g/mol. The molecular formula is C16H24N4O3. The first kappa shape index (κ1) is 16.0. The summed E-state index contributed by atoms with van der Waals surface area (Å²) < 4.78 is 6.91. The van der Waals surface area contributed by atoms with Gasteiger partial charge in [-0.2, -0.15) is 0 Å². The van der Waals surface area contributed by atoms with Crippen molar-refractivity contribution in [3.05, 3.63) is 17.7 Å². The molecule has 0 aromatic carbocycles. The third-order valence-corrected chi connectivity index (χ3v) is 4.79. The molecule has 1 saturated carbocycles. The highest BCUT2D eigenvalue weighted by Gasteiger charge is 2.36. The fourth-order valence-corrected chi connectivity index (χ4v) is 3.15. The molecule has 126 valence electrons. The van der Waals surface area contributed by atoms with Crippen LogP contribution in [0.4, 0.5) is 0 Å². The van der Waals surface area contributed by atoms with Gasteiger partial charge in [0.25, 0.3) is 5.91 Å². The van der Waals surface area contributed by atoms with Gasteiger partial charge in [-0.1, -0.05) is 6.42 Å². The summed E-state index contributed by atoms with van der Waals surface area (Å²) in [6, 6.07) is -0.0858. The Balaban J connectivity index is 1.69. The molecule has 2 amide bonds. The SMILES string of the molecule is COCCNC(=O)c1cn2c(n1)[C@@H](C)N(C(=O)C1CCC1)CC2. The van der Waals surface area contributed by atoms with Gasteiger partial charge in [-0.3, -0.25) is 9.59 Å². The van der Waals surface area contributed by atoms with E-state index in [2.05, 4.69) is 10.3 Å². The van der Waals surface area contributed by atoms with Crippen molar-refractivity contribution < 1.29 is 14.3 Å². The lowest BCUT2D eigenvalue weighted by molar-refractivity contribution is -0.141. The Kier molecular flexibility index (Phi) is 4.66. The van der Waals surface area contributed by atoms with E-state index in [1.165, 1.54) is 0 Å². The van der Waals surface area contributed by atoms with Crippen LogP contribution in [0.3, 0.4) is 0 Å². The maximum atomic E-state index is 12.5. The fourth-order valence-electron chi connectivity index (χ4n) is 3.15. The Hall–Kier alpha value is -1.89. The predicted molar refractivity (Wildman–Crippen MR) is 83.9 cm³/mol. The van der Waals surface area contributed by atoms with Crippen molar-refractivity contribution in [1.29, 1.82) is 0 Å². The zero-order valence-electron chi connectivity index (χ0n) is 13.7. The Morgan fingerprint density at radius 1 is 1.39 bits per heavy atom. The standard InChI is InChI=1S/C16H24N4O3/c1-11-14-18-13(15(21)17-6-9-23-2)10-19(14)7-8-20(11)16(22)12-4-3-5-12/h10-12H,3-9H2,1-2H3,(H,17,21)/t11-/m1/s1. The van der Waals surface area contributed by atoms with Gasteiger partial charge in [-0.25, -0.2) is 4.98 Å². The van der Waals surface area contributed by atoms with Crippen LogP contribution in [0.5, 0.6) is 0 Å². The molecule has 1 aromatic heterocycles. The van der Waals surface area contributed by atoms with Crippen LogP contribution in [0.25, 0.3) is 0 Å². The first-order valence-electron chi connectivity index (χ1n) is 8.26. The molecule has 1 atom stereocenters. The van der Waals surface area contributed by atoms with Crippen molar-refractivity contribution in [2.45, 2.75) is 38.8 Å². The third kappa shape index (κ3) is 3.10. The number of carbonyl (C=O) groups excluding carboxylic acids is 2.